The monoisotopic (exact) mass is 550 g/mol. The second kappa shape index (κ2) is 11.8. The lowest BCUT2D eigenvalue weighted by molar-refractivity contribution is 0.0701. The van der Waals surface area contributed by atoms with Crippen LogP contribution in [0.3, 0.4) is 0 Å². The number of ether oxygens (including phenoxy) is 1. The van der Waals surface area contributed by atoms with Crippen molar-refractivity contribution in [2.75, 3.05) is 19.5 Å². The number of amides is 1. The van der Waals surface area contributed by atoms with E-state index in [1.807, 2.05) is 39.2 Å². The second-order valence-corrected chi connectivity index (χ2v) is 11.3. The molecule has 2 atom stereocenters. The normalized spacial score (nSPS) is 15.8. The van der Waals surface area contributed by atoms with Gasteiger partial charge >= 0.3 is 0 Å². The number of carbonyl (C=O) groups is 2. The van der Waals surface area contributed by atoms with Crippen molar-refractivity contribution in [2.24, 2.45) is 5.41 Å². The number of benzene rings is 2. The van der Waals surface area contributed by atoms with Crippen molar-refractivity contribution in [2.45, 2.75) is 50.7 Å². The van der Waals surface area contributed by atoms with E-state index in [9.17, 15) is 24.6 Å². The lowest BCUT2D eigenvalue weighted by Gasteiger charge is -2.32. The van der Waals surface area contributed by atoms with Crippen molar-refractivity contribution in [1.82, 2.24) is 9.88 Å². The standard InChI is InChI=1S/C30H34N2O6S/c1-5-38-20-10-8-19(9-11-20)32-25-15-30(2,3)16-26(34)22(25)14-23(29(32)37)28(36)31-24(17-33)27(35)18-6-12-21(39-4)13-7-18/h6-14,24,27,33,35H,5,15-17H2,1-4H3,(H,31,36). The van der Waals surface area contributed by atoms with Crippen LogP contribution < -0.4 is 15.6 Å². The Kier molecular flexibility index (Phi) is 8.64. The fourth-order valence-corrected chi connectivity index (χ4v) is 5.32. The number of nitrogens with zero attached hydrogens (tertiary/aromatic N) is 1. The lowest BCUT2D eigenvalue weighted by atomic mass is 9.75. The number of carbonyl (C=O) groups excluding carboxylic acids is 2. The zero-order chi connectivity index (χ0) is 28.3. The summed E-state index contributed by atoms with van der Waals surface area (Å²) < 4.78 is 6.95. The van der Waals surface area contributed by atoms with Gasteiger partial charge in [0.1, 0.15) is 17.4 Å². The van der Waals surface area contributed by atoms with E-state index in [-0.39, 0.29) is 23.2 Å². The number of rotatable bonds is 9. The fraction of sp³-hybridized carbons (Fsp3) is 0.367. The molecule has 1 amide bonds. The Morgan fingerprint density at radius 1 is 1.10 bits per heavy atom. The number of Topliss-reactive ketones (excluding diaryl/α,β-unsaturated/α-hetero) is 1. The number of hydrogen-bond donors (Lipinski definition) is 3. The van der Waals surface area contributed by atoms with E-state index in [0.717, 1.165) is 4.90 Å². The van der Waals surface area contributed by atoms with Gasteiger partial charge in [-0.3, -0.25) is 19.0 Å². The Morgan fingerprint density at radius 2 is 1.77 bits per heavy atom. The number of ketones is 1. The molecule has 39 heavy (non-hydrogen) atoms. The summed E-state index contributed by atoms with van der Waals surface area (Å²) in [5.74, 6) is -0.291. The highest BCUT2D eigenvalue weighted by molar-refractivity contribution is 7.98. The Labute approximate surface area is 232 Å². The second-order valence-electron chi connectivity index (χ2n) is 10.4. The number of thioether (sulfide) groups is 1. The third kappa shape index (κ3) is 6.11. The topological polar surface area (TPSA) is 118 Å². The van der Waals surface area contributed by atoms with Crippen molar-refractivity contribution in [1.29, 1.82) is 0 Å². The summed E-state index contributed by atoms with van der Waals surface area (Å²) in [5.41, 5.74) is 0.715. The maximum absolute atomic E-state index is 13.8. The van der Waals surface area contributed by atoms with Gasteiger partial charge in [-0.25, -0.2) is 0 Å². The molecule has 0 bridgehead atoms. The zero-order valence-corrected chi connectivity index (χ0v) is 23.4. The first kappa shape index (κ1) is 28.6. The summed E-state index contributed by atoms with van der Waals surface area (Å²) in [6.45, 7) is 5.76. The van der Waals surface area contributed by atoms with Crippen LogP contribution in [-0.4, -0.2) is 52.0 Å². The molecule has 3 N–H and O–H groups in total. The first-order valence-corrected chi connectivity index (χ1v) is 14.1. The minimum atomic E-state index is -1.21. The zero-order valence-electron chi connectivity index (χ0n) is 22.6. The van der Waals surface area contributed by atoms with Crippen molar-refractivity contribution < 1.29 is 24.5 Å². The largest absolute Gasteiger partial charge is 0.494 e. The lowest BCUT2D eigenvalue weighted by Crippen LogP contribution is -2.45. The van der Waals surface area contributed by atoms with Crippen LogP contribution in [0, 0.1) is 5.41 Å². The van der Waals surface area contributed by atoms with Gasteiger partial charge in [0.05, 0.1) is 19.3 Å². The number of pyridine rings is 1. The number of hydrogen-bond acceptors (Lipinski definition) is 7. The molecular weight excluding hydrogens is 516 g/mol. The summed E-state index contributed by atoms with van der Waals surface area (Å²) in [7, 11) is 0. The van der Waals surface area contributed by atoms with Gasteiger partial charge in [0.15, 0.2) is 5.78 Å². The summed E-state index contributed by atoms with van der Waals surface area (Å²) in [6, 6.07) is 14.3. The molecule has 2 aromatic carbocycles. The summed E-state index contributed by atoms with van der Waals surface area (Å²) in [5, 5.41) is 23.5. The molecule has 0 saturated carbocycles. The van der Waals surface area contributed by atoms with Crippen LogP contribution in [0.1, 0.15) is 65.3 Å². The van der Waals surface area contributed by atoms with E-state index >= 15 is 0 Å². The smallest absolute Gasteiger partial charge is 0.268 e. The molecule has 3 aromatic rings. The van der Waals surface area contributed by atoms with Crippen molar-refractivity contribution in [3.05, 3.63) is 87.3 Å². The Bertz CT molecular complexity index is 1410. The number of nitrogens with one attached hydrogen (secondary N) is 1. The molecule has 1 heterocycles. The molecular formula is C30H34N2O6S. The van der Waals surface area contributed by atoms with E-state index in [2.05, 4.69) is 5.32 Å². The van der Waals surface area contributed by atoms with Crippen LogP contribution in [0.25, 0.3) is 5.69 Å². The molecule has 1 aliphatic carbocycles. The Hall–Kier alpha value is -3.40. The molecule has 0 saturated heterocycles. The average Bonchev–Trinajstić information content (AvgIpc) is 2.91. The molecule has 0 fully saturated rings. The molecule has 8 nitrogen and oxygen atoms in total. The molecule has 0 spiro atoms. The maximum atomic E-state index is 13.8. The minimum Gasteiger partial charge on any atom is -0.494 e. The highest BCUT2D eigenvalue weighted by Gasteiger charge is 2.35. The Morgan fingerprint density at radius 3 is 2.36 bits per heavy atom. The number of aliphatic hydroxyl groups excluding tert-OH is 2. The van der Waals surface area contributed by atoms with E-state index < -0.39 is 30.2 Å². The van der Waals surface area contributed by atoms with Crippen LogP contribution in [-0.2, 0) is 6.42 Å². The minimum absolute atomic E-state index is 0.150. The molecule has 1 aromatic heterocycles. The molecule has 1 aliphatic rings. The van der Waals surface area contributed by atoms with E-state index in [4.69, 9.17) is 4.74 Å². The van der Waals surface area contributed by atoms with Crippen LogP contribution >= 0.6 is 11.8 Å². The van der Waals surface area contributed by atoms with Gasteiger partial charge in [-0.05, 0) is 73.0 Å². The van der Waals surface area contributed by atoms with Gasteiger partial charge in [0.25, 0.3) is 11.5 Å². The molecule has 0 radical (unpaired) electrons. The third-order valence-corrected chi connectivity index (χ3v) is 7.63. The number of fused-ring (bicyclic) bond motifs is 1. The highest BCUT2D eigenvalue weighted by atomic mass is 32.2. The van der Waals surface area contributed by atoms with E-state index in [0.29, 0.717) is 41.3 Å². The molecule has 0 aliphatic heterocycles. The van der Waals surface area contributed by atoms with Gasteiger partial charge in [-0.1, -0.05) is 26.0 Å². The van der Waals surface area contributed by atoms with Gasteiger partial charge in [0, 0.05) is 28.3 Å². The van der Waals surface area contributed by atoms with Crippen molar-refractivity contribution in [3.63, 3.8) is 0 Å². The van der Waals surface area contributed by atoms with Crippen LogP contribution in [0.4, 0.5) is 0 Å². The van der Waals surface area contributed by atoms with Gasteiger partial charge in [0.2, 0.25) is 0 Å². The molecule has 206 valence electrons. The van der Waals surface area contributed by atoms with Crippen LogP contribution in [0.15, 0.2) is 64.3 Å². The van der Waals surface area contributed by atoms with Crippen LogP contribution in [0.2, 0.25) is 0 Å². The number of aromatic nitrogens is 1. The fourth-order valence-electron chi connectivity index (χ4n) is 4.91. The highest BCUT2D eigenvalue weighted by Crippen LogP contribution is 2.35. The Balaban J connectivity index is 1.75. The maximum Gasteiger partial charge on any atom is 0.268 e. The third-order valence-electron chi connectivity index (χ3n) is 6.89. The molecule has 9 heteroatoms. The predicted molar refractivity (Wildman–Crippen MR) is 151 cm³/mol. The van der Waals surface area contributed by atoms with Gasteiger partial charge in [-0.2, -0.15) is 0 Å². The quantitative estimate of drug-likeness (QED) is 0.346. The van der Waals surface area contributed by atoms with Crippen molar-refractivity contribution in [3.8, 4) is 11.4 Å². The predicted octanol–water partition coefficient (Wildman–Crippen LogP) is 3.94. The number of aliphatic hydroxyl groups is 2. The molecule has 2 unspecified atom stereocenters. The average molecular weight is 551 g/mol. The first-order chi connectivity index (χ1) is 18.6. The summed E-state index contributed by atoms with van der Waals surface area (Å²) >= 11 is 1.55. The summed E-state index contributed by atoms with van der Waals surface area (Å²) in [6.07, 6.45) is 1.49. The van der Waals surface area contributed by atoms with E-state index in [1.165, 1.54) is 10.6 Å². The van der Waals surface area contributed by atoms with Crippen molar-refractivity contribution >= 4 is 23.5 Å². The van der Waals surface area contributed by atoms with Gasteiger partial charge in [-0.15, -0.1) is 11.8 Å². The van der Waals surface area contributed by atoms with Crippen LogP contribution in [0.5, 0.6) is 5.75 Å². The molecule has 4 rings (SSSR count). The van der Waals surface area contributed by atoms with E-state index in [1.54, 1.807) is 48.2 Å². The summed E-state index contributed by atoms with van der Waals surface area (Å²) in [4.78, 5) is 41.4. The van der Waals surface area contributed by atoms with Gasteiger partial charge < -0.3 is 20.3 Å². The first-order valence-electron chi connectivity index (χ1n) is 12.9. The SMILES string of the molecule is CCOc1ccc(-n2c3c(cc(C(=O)NC(CO)C(O)c4ccc(SC)cc4)c2=O)C(=O)CC(C)(C)C3)cc1.